The monoisotopic (exact) mass is 251 g/mol. The third-order valence-electron chi connectivity index (χ3n) is 2.56. The minimum absolute atomic E-state index is 0.204. The normalized spacial score (nSPS) is 13.0. The van der Waals surface area contributed by atoms with Crippen molar-refractivity contribution in [2.75, 3.05) is 0 Å². The molecular formula is C13H17NO2S. The van der Waals surface area contributed by atoms with Gasteiger partial charge in [0, 0.05) is 12.5 Å². The summed E-state index contributed by atoms with van der Waals surface area (Å²) in [6.07, 6.45) is 6.29. The molecular weight excluding hydrogens is 234 g/mol. The lowest BCUT2D eigenvalue weighted by atomic mass is 10.2. The molecule has 0 spiro atoms. The summed E-state index contributed by atoms with van der Waals surface area (Å²) in [6.45, 7) is 3.68. The summed E-state index contributed by atoms with van der Waals surface area (Å²) >= 11 is 0. The van der Waals surface area contributed by atoms with E-state index >= 15 is 0 Å². The largest absolute Gasteiger partial charge is 0.241 e. The molecule has 0 radical (unpaired) electrons. The Morgan fingerprint density at radius 1 is 1.41 bits per heavy atom. The lowest BCUT2D eigenvalue weighted by Gasteiger charge is -2.15. The first-order chi connectivity index (χ1) is 8.01. The molecule has 0 saturated heterocycles. The Bertz CT molecular complexity index is 514. The maximum atomic E-state index is 12.1. The number of benzene rings is 1. The number of sulfonamides is 1. The van der Waals surface area contributed by atoms with Crippen molar-refractivity contribution in [2.24, 2.45) is 0 Å². The van der Waals surface area contributed by atoms with Crippen molar-refractivity contribution in [1.82, 2.24) is 4.72 Å². The predicted molar refractivity (Wildman–Crippen MR) is 69.0 cm³/mol. The Balaban J connectivity index is 2.97. The highest BCUT2D eigenvalue weighted by Gasteiger charge is 2.19. The molecule has 0 saturated carbocycles. The van der Waals surface area contributed by atoms with Crippen LogP contribution >= 0.6 is 0 Å². The van der Waals surface area contributed by atoms with Gasteiger partial charge in [0.2, 0.25) is 10.0 Å². The number of rotatable bonds is 5. The topological polar surface area (TPSA) is 46.2 Å². The lowest BCUT2D eigenvalue weighted by molar-refractivity contribution is 0.543. The molecule has 92 valence electrons. The SMILES string of the molecule is C#CCC(CC)NS(=O)(=O)c1ccccc1C. The first-order valence-corrected chi connectivity index (χ1v) is 7.01. The third-order valence-corrected chi connectivity index (χ3v) is 4.24. The van der Waals surface area contributed by atoms with Crippen LogP contribution in [0, 0.1) is 19.3 Å². The van der Waals surface area contributed by atoms with Gasteiger partial charge in [-0.05, 0) is 25.0 Å². The molecule has 17 heavy (non-hydrogen) atoms. The summed E-state index contributed by atoms with van der Waals surface area (Å²) in [5.74, 6) is 2.48. The highest BCUT2D eigenvalue weighted by Crippen LogP contribution is 2.15. The molecule has 0 aliphatic rings. The molecule has 0 heterocycles. The summed E-state index contributed by atoms with van der Waals surface area (Å²) in [5, 5.41) is 0. The van der Waals surface area contributed by atoms with Crippen molar-refractivity contribution in [3.05, 3.63) is 29.8 Å². The summed E-state index contributed by atoms with van der Waals surface area (Å²) in [4.78, 5) is 0.315. The van der Waals surface area contributed by atoms with Crippen LogP contribution in [0.4, 0.5) is 0 Å². The van der Waals surface area contributed by atoms with Crippen molar-refractivity contribution in [3.8, 4) is 12.3 Å². The van der Waals surface area contributed by atoms with Gasteiger partial charge in [-0.3, -0.25) is 0 Å². The average Bonchev–Trinajstić information content (AvgIpc) is 2.28. The Morgan fingerprint density at radius 2 is 2.06 bits per heavy atom. The standard InChI is InChI=1S/C13H17NO2S/c1-4-8-12(5-2)14-17(15,16)13-10-7-6-9-11(13)3/h1,6-7,9-10,12,14H,5,8H2,2-3H3. The summed E-state index contributed by atoms with van der Waals surface area (Å²) in [7, 11) is -3.47. The summed E-state index contributed by atoms with van der Waals surface area (Å²) in [5.41, 5.74) is 0.732. The fourth-order valence-corrected chi connectivity index (χ4v) is 3.12. The van der Waals surface area contributed by atoms with Gasteiger partial charge in [0.25, 0.3) is 0 Å². The van der Waals surface area contributed by atoms with Gasteiger partial charge in [-0.1, -0.05) is 25.1 Å². The Hall–Kier alpha value is -1.31. The minimum Gasteiger partial charge on any atom is -0.207 e. The van der Waals surface area contributed by atoms with E-state index in [4.69, 9.17) is 6.42 Å². The van der Waals surface area contributed by atoms with Crippen LogP contribution in [0.25, 0.3) is 0 Å². The second-order valence-electron chi connectivity index (χ2n) is 3.90. The number of hydrogen-bond acceptors (Lipinski definition) is 2. The zero-order chi connectivity index (χ0) is 12.9. The minimum atomic E-state index is -3.47. The number of terminal acetylenes is 1. The van der Waals surface area contributed by atoms with E-state index < -0.39 is 10.0 Å². The fraction of sp³-hybridized carbons (Fsp3) is 0.385. The van der Waals surface area contributed by atoms with Crippen molar-refractivity contribution in [3.63, 3.8) is 0 Å². The van der Waals surface area contributed by atoms with Crippen LogP contribution in [0.15, 0.2) is 29.2 Å². The molecule has 1 aromatic carbocycles. The Labute approximate surface area is 103 Å². The Morgan fingerprint density at radius 3 is 2.59 bits per heavy atom. The van der Waals surface area contributed by atoms with E-state index in [1.54, 1.807) is 25.1 Å². The molecule has 0 aliphatic carbocycles. The third kappa shape index (κ3) is 3.58. The van der Waals surface area contributed by atoms with Crippen molar-refractivity contribution in [2.45, 2.75) is 37.6 Å². The number of hydrogen-bond donors (Lipinski definition) is 1. The maximum absolute atomic E-state index is 12.1. The average molecular weight is 251 g/mol. The molecule has 1 rings (SSSR count). The van der Waals surface area contributed by atoms with E-state index in [1.807, 2.05) is 13.0 Å². The predicted octanol–water partition coefficient (Wildman–Crippen LogP) is 2.08. The van der Waals surface area contributed by atoms with E-state index in [0.29, 0.717) is 17.7 Å². The van der Waals surface area contributed by atoms with E-state index in [9.17, 15) is 8.42 Å². The first-order valence-electron chi connectivity index (χ1n) is 5.52. The fourth-order valence-electron chi connectivity index (χ4n) is 1.55. The highest BCUT2D eigenvalue weighted by molar-refractivity contribution is 7.89. The molecule has 0 amide bonds. The molecule has 1 N–H and O–H groups in total. The van der Waals surface area contributed by atoms with Gasteiger partial charge < -0.3 is 0 Å². The van der Waals surface area contributed by atoms with Crippen molar-refractivity contribution < 1.29 is 8.42 Å². The van der Waals surface area contributed by atoms with Crippen LogP contribution in [0.2, 0.25) is 0 Å². The van der Waals surface area contributed by atoms with Crippen LogP contribution in [0.1, 0.15) is 25.3 Å². The van der Waals surface area contributed by atoms with E-state index in [-0.39, 0.29) is 6.04 Å². The van der Waals surface area contributed by atoms with E-state index in [2.05, 4.69) is 10.6 Å². The molecule has 0 aromatic heterocycles. The van der Waals surface area contributed by atoms with Crippen LogP contribution < -0.4 is 4.72 Å². The Kier molecular flexibility index (Phi) is 4.73. The molecule has 0 fully saturated rings. The smallest absolute Gasteiger partial charge is 0.207 e. The number of aryl methyl sites for hydroxylation is 1. The van der Waals surface area contributed by atoms with Gasteiger partial charge in [0.1, 0.15) is 0 Å². The van der Waals surface area contributed by atoms with Gasteiger partial charge in [-0.2, -0.15) is 0 Å². The zero-order valence-corrected chi connectivity index (χ0v) is 10.9. The first kappa shape index (κ1) is 13.8. The summed E-state index contributed by atoms with van der Waals surface area (Å²) < 4.78 is 26.9. The van der Waals surface area contributed by atoms with E-state index in [1.165, 1.54) is 0 Å². The van der Waals surface area contributed by atoms with Gasteiger partial charge in [-0.15, -0.1) is 12.3 Å². The molecule has 0 aliphatic heterocycles. The molecule has 1 aromatic rings. The lowest BCUT2D eigenvalue weighted by Crippen LogP contribution is -2.34. The van der Waals surface area contributed by atoms with Crippen LogP contribution in [-0.2, 0) is 10.0 Å². The molecule has 1 unspecified atom stereocenters. The van der Waals surface area contributed by atoms with Crippen LogP contribution in [-0.4, -0.2) is 14.5 Å². The van der Waals surface area contributed by atoms with E-state index in [0.717, 1.165) is 5.56 Å². The molecule has 3 nitrogen and oxygen atoms in total. The van der Waals surface area contributed by atoms with Gasteiger partial charge in [0.05, 0.1) is 4.90 Å². The van der Waals surface area contributed by atoms with Gasteiger partial charge in [0.15, 0.2) is 0 Å². The quantitative estimate of drug-likeness (QED) is 0.814. The zero-order valence-electron chi connectivity index (χ0n) is 10.1. The molecule has 1 atom stereocenters. The van der Waals surface area contributed by atoms with Crippen molar-refractivity contribution in [1.29, 1.82) is 0 Å². The van der Waals surface area contributed by atoms with Crippen molar-refractivity contribution >= 4 is 10.0 Å². The van der Waals surface area contributed by atoms with Gasteiger partial charge in [-0.25, -0.2) is 13.1 Å². The second kappa shape index (κ2) is 5.85. The summed E-state index contributed by atoms with van der Waals surface area (Å²) in [6, 6.07) is 6.69. The maximum Gasteiger partial charge on any atom is 0.241 e. The molecule has 4 heteroatoms. The second-order valence-corrected chi connectivity index (χ2v) is 5.58. The van der Waals surface area contributed by atoms with Gasteiger partial charge >= 0.3 is 0 Å². The highest BCUT2D eigenvalue weighted by atomic mass is 32.2. The van der Waals surface area contributed by atoms with Crippen LogP contribution in [0.3, 0.4) is 0 Å². The number of nitrogens with one attached hydrogen (secondary N) is 1. The molecule has 0 bridgehead atoms. The van der Waals surface area contributed by atoms with Crippen LogP contribution in [0.5, 0.6) is 0 Å².